The lowest BCUT2D eigenvalue weighted by Gasteiger charge is -2.23. The summed E-state index contributed by atoms with van der Waals surface area (Å²) in [5, 5.41) is 26.8. The second-order valence-corrected chi connectivity index (χ2v) is 9.66. The van der Waals surface area contributed by atoms with Gasteiger partial charge in [-0.25, -0.2) is 9.59 Å². The van der Waals surface area contributed by atoms with Crippen LogP contribution in [0.2, 0.25) is 0 Å². The first-order valence-electron chi connectivity index (χ1n) is 12.3. The van der Waals surface area contributed by atoms with E-state index in [-0.39, 0.29) is 55.3 Å². The number of amidine groups is 1. The van der Waals surface area contributed by atoms with Crippen LogP contribution in [-0.2, 0) is 27.5 Å². The van der Waals surface area contributed by atoms with Crippen molar-refractivity contribution in [2.24, 2.45) is 4.99 Å². The number of nitrogens with one attached hydrogen (secondary N) is 2. The van der Waals surface area contributed by atoms with Gasteiger partial charge in [0.2, 0.25) is 5.91 Å². The van der Waals surface area contributed by atoms with Gasteiger partial charge < -0.3 is 20.1 Å². The van der Waals surface area contributed by atoms with Crippen LogP contribution in [0.1, 0.15) is 24.5 Å². The molecule has 0 spiro atoms. The highest BCUT2D eigenvalue weighted by Gasteiger charge is 2.39. The molecular weight excluding hydrogens is 560 g/mol. The second-order valence-electron chi connectivity index (χ2n) is 8.93. The van der Waals surface area contributed by atoms with Crippen molar-refractivity contribution in [2.45, 2.75) is 37.9 Å². The molecule has 41 heavy (non-hydrogen) atoms. The van der Waals surface area contributed by atoms with E-state index in [1.165, 1.54) is 53.4 Å². The Labute approximate surface area is 239 Å². The van der Waals surface area contributed by atoms with Crippen LogP contribution in [-0.4, -0.2) is 69.6 Å². The molecule has 1 saturated heterocycles. The highest BCUT2D eigenvalue weighted by Crippen LogP contribution is 2.23. The summed E-state index contributed by atoms with van der Waals surface area (Å²) in [6, 6.07) is 10.4. The Morgan fingerprint density at radius 3 is 1.98 bits per heavy atom. The fraction of sp³-hybridized carbons (Fsp3) is 0.360. The number of hydrogen-bond donors (Lipinski definition) is 3. The fourth-order valence-corrected chi connectivity index (χ4v) is 4.20. The molecule has 1 aliphatic rings. The van der Waals surface area contributed by atoms with Gasteiger partial charge in [0.25, 0.3) is 11.4 Å². The summed E-state index contributed by atoms with van der Waals surface area (Å²) in [4.78, 5) is 62.8. The third kappa shape index (κ3) is 9.45. The number of rotatable bonds is 10. The molecule has 2 atom stereocenters. The van der Waals surface area contributed by atoms with Crippen molar-refractivity contribution in [3.8, 4) is 0 Å². The van der Waals surface area contributed by atoms with Crippen molar-refractivity contribution < 1.29 is 33.7 Å². The summed E-state index contributed by atoms with van der Waals surface area (Å²) < 4.78 is 10.3. The molecule has 1 heterocycles. The molecule has 0 aliphatic carbocycles. The van der Waals surface area contributed by atoms with E-state index in [0.717, 1.165) is 0 Å². The Kier molecular flexibility index (Phi) is 11.0. The van der Waals surface area contributed by atoms with Crippen molar-refractivity contribution in [2.75, 3.05) is 19.6 Å². The Bertz CT molecular complexity index is 1300. The number of hydrogen-bond acceptors (Lipinski definition) is 10. The number of aliphatic imine (C=N–C) groups is 1. The SMILES string of the molecule is CC(=NC(=O)OCc1ccc([N+](=O)[O-])cc1)NCCNC(=O)[C@@H]1C[C@H](S)CN1C(=O)OCc1ccc([N+](=O)[O-])cc1. The molecule has 218 valence electrons. The lowest BCUT2D eigenvalue weighted by Crippen LogP contribution is -2.47. The summed E-state index contributed by atoms with van der Waals surface area (Å²) >= 11 is 4.40. The third-order valence-electron chi connectivity index (χ3n) is 5.90. The molecule has 0 saturated carbocycles. The van der Waals surface area contributed by atoms with Gasteiger partial charge in [0.1, 0.15) is 25.1 Å². The van der Waals surface area contributed by atoms with E-state index in [9.17, 15) is 34.6 Å². The molecule has 3 amide bonds. The average Bonchev–Trinajstić information content (AvgIpc) is 3.35. The van der Waals surface area contributed by atoms with Gasteiger partial charge in [0, 0.05) is 49.1 Å². The van der Waals surface area contributed by atoms with Gasteiger partial charge in [-0.05, 0) is 48.7 Å². The quantitative estimate of drug-likeness (QED) is 0.0927. The van der Waals surface area contributed by atoms with E-state index < -0.39 is 34.0 Å². The zero-order valence-electron chi connectivity index (χ0n) is 21.9. The smallest absolute Gasteiger partial charge is 0.435 e. The van der Waals surface area contributed by atoms with Gasteiger partial charge >= 0.3 is 12.2 Å². The molecule has 16 heteroatoms. The largest absolute Gasteiger partial charge is 0.445 e. The van der Waals surface area contributed by atoms with Crippen LogP contribution in [0.4, 0.5) is 21.0 Å². The number of likely N-dealkylation sites (tertiary alicyclic amines) is 1. The van der Waals surface area contributed by atoms with E-state index in [2.05, 4.69) is 28.3 Å². The van der Waals surface area contributed by atoms with Gasteiger partial charge in [0.15, 0.2) is 0 Å². The van der Waals surface area contributed by atoms with Crippen LogP contribution in [0, 0.1) is 20.2 Å². The number of carbonyl (C=O) groups is 3. The van der Waals surface area contributed by atoms with Crippen LogP contribution in [0.5, 0.6) is 0 Å². The van der Waals surface area contributed by atoms with Gasteiger partial charge in [-0.1, -0.05) is 0 Å². The summed E-state index contributed by atoms with van der Waals surface area (Å²) in [5.41, 5.74) is 0.970. The first-order chi connectivity index (χ1) is 19.5. The van der Waals surface area contributed by atoms with Crippen molar-refractivity contribution in [3.63, 3.8) is 0 Å². The summed E-state index contributed by atoms with van der Waals surface area (Å²) in [7, 11) is 0. The minimum absolute atomic E-state index is 0.0732. The van der Waals surface area contributed by atoms with Crippen molar-refractivity contribution >= 4 is 47.9 Å². The van der Waals surface area contributed by atoms with Crippen LogP contribution in [0.3, 0.4) is 0 Å². The lowest BCUT2D eigenvalue weighted by atomic mass is 10.2. The molecule has 2 N–H and O–H groups in total. The molecule has 2 aromatic carbocycles. The number of carbonyl (C=O) groups excluding carboxylic acids is 3. The monoisotopic (exact) mass is 588 g/mol. The van der Waals surface area contributed by atoms with Crippen molar-refractivity contribution in [1.29, 1.82) is 0 Å². The number of nitro benzene ring substituents is 2. The first-order valence-corrected chi connectivity index (χ1v) is 12.9. The summed E-state index contributed by atoms with van der Waals surface area (Å²) in [6.45, 7) is 1.94. The van der Waals surface area contributed by atoms with Crippen LogP contribution < -0.4 is 10.6 Å². The summed E-state index contributed by atoms with van der Waals surface area (Å²) in [5.74, 6) is -0.145. The lowest BCUT2D eigenvalue weighted by molar-refractivity contribution is -0.385. The van der Waals surface area contributed by atoms with Crippen LogP contribution >= 0.6 is 12.6 Å². The molecule has 0 bridgehead atoms. The molecule has 0 radical (unpaired) electrons. The van der Waals surface area contributed by atoms with Gasteiger partial charge in [-0.2, -0.15) is 17.6 Å². The topological polar surface area (TPSA) is 196 Å². The predicted molar refractivity (Wildman–Crippen MR) is 149 cm³/mol. The predicted octanol–water partition coefficient (Wildman–Crippen LogP) is 2.97. The van der Waals surface area contributed by atoms with Crippen LogP contribution in [0.25, 0.3) is 0 Å². The van der Waals surface area contributed by atoms with E-state index in [1.54, 1.807) is 6.92 Å². The zero-order valence-corrected chi connectivity index (χ0v) is 22.8. The Hall–Kier alpha value is -4.73. The van der Waals surface area contributed by atoms with Crippen LogP contribution in [0.15, 0.2) is 53.5 Å². The molecular formula is C25H28N6O9S. The Balaban J connectivity index is 1.39. The number of thiol groups is 1. The molecule has 0 unspecified atom stereocenters. The minimum atomic E-state index is -0.856. The number of non-ortho nitro benzene ring substituents is 2. The third-order valence-corrected chi connectivity index (χ3v) is 6.27. The highest BCUT2D eigenvalue weighted by molar-refractivity contribution is 7.81. The molecule has 3 rings (SSSR count). The summed E-state index contributed by atoms with van der Waals surface area (Å²) in [6.07, 6.45) is -1.23. The van der Waals surface area contributed by atoms with Crippen molar-refractivity contribution in [3.05, 3.63) is 79.9 Å². The van der Waals surface area contributed by atoms with Gasteiger partial charge in [0.05, 0.1) is 9.85 Å². The number of ether oxygens (including phenoxy) is 2. The first kappa shape index (κ1) is 30.8. The number of amides is 3. The number of nitrogens with zero attached hydrogens (tertiary/aromatic N) is 4. The standard InChI is InChI=1S/C25H28N6O9S/c1-16(28-24(33)39-14-17-2-6-19(7-3-17)30(35)36)26-10-11-27-23(32)22-12-21(41)13-29(22)25(34)40-15-18-4-8-20(9-5-18)31(37)38/h2-9,21-22,41H,10-15H2,1H3,(H,27,32)(H,26,28,33)/t21-,22-/m0/s1. The van der Waals surface area contributed by atoms with Gasteiger partial charge in [-0.3, -0.25) is 29.9 Å². The van der Waals surface area contributed by atoms with Gasteiger partial charge in [-0.15, -0.1) is 0 Å². The molecule has 0 aromatic heterocycles. The average molecular weight is 589 g/mol. The Morgan fingerprint density at radius 1 is 0.927 bits per heavy atom. The zero-order chi connectivity index (χ0) is 29.9. The maximum Gasteiger partial charge on any atom is 0.435 e. The minimum Gasteiger partial charge on any atom is -0.445 e. The fourth-order valence-electron chi connectivity index (χ4n) is 3.82. The Morgan fingerprint density at radius 2 is 1.44 bits per heavy atom. The molecule has 1 fully saturated rings. The maximum atomic E-state index is 12.8. The number of benzene rings is 2. The van der Waals surface area contributed by atoms with E-state index in [4.69, 9.17) is 9.47 Å². The second kappa shape index (κ2) is 14.6. The maximum absolute atomic E-state index is 12.8. The molecule has 1 aliphatic heterocycles. The molecule has 15 nitrogen and oxygen atoms in total. The van der Waals surface area contributed by atoms with Crippen molar-refractivity contribution in [1.82, 2.24) is 15.5 Å². The van der Waals surface area contributed by atoms with E-state index in [0.29, 0.717) is 17.5 Å². The normalized spacial score (nSPS) is 16.5. The number of nitro groups is 2. The van der Waals surface area contributed by atoms with E-state index >= 15 is 0 Å². The van der Waals surface area contributed by atoms with E-state index in [1.807, 2.05) is 0 Å². The molecule has 2 aromatic rings. The highest BCUT2D eigenvalue weighted by atomic mass is 32.1.